The van der Waals surface area contributed by atoms with Gasteiger partial charge in [-0.15, -0.1) is 0 Å². The van der Waals surface area contributed by atoms with Crippen LogP contribution in [0.3, 0.4) is 0 Å². The van der Waals surface area contributed by atoms with Crippen LogP contribution >= 0.6 is 11.6 Å². The number of hydrogen-bond acceptors (Lipinski definition) is 4. The second kappa shape index (κ2) is 8.47. The van der Waals surface area contributed by atoms with Crippen LogP contribution in [0.4, 0.5) is 34.8 Å². The van der Waals surface area contributed by atoms with E-state index in [0.29, 0.717) is 31.3 Å². The number of alkyl halides is 3. The zero-order valence-electron chi connectivity index (χ0n) is 15.7. The van der Waals surface area contributed by atoms with Crippen molar-refractivity contribution in [2.75, 3.05) is 22.1 Å². The van der Waals surface area contributed by atoms with E-state index in [1.54, 1.807) is 0 Å². The molecule has 0 saturated carbocycles. The van der Waals surface area contributed by atoms with Gasteiger partial charge >= 0.3 is 6.18 Å². The lowest BCUT2D eigenvalue weighted by atomic mass is 10.2. The topological polar surface area (TPSA) is 74.3 Å². The van der Waals surface area contributed by atoms with Gasteiger partial charge in [-0.05, 0) is 37.1 Å². The van der Waals surface area contributed by atoms with Crippen molar-refractivity contribution in [1.29, 1.82) is 0 Å². The van der Waals surface area contributed by atoms with Crippen molar-refractivity contribution in [2.24, 2.45) is 0 Å². The number of nitrogens with zero attached hydrogens (tertiary/aromatic N) is 2. The summed E-state index contributed by atoms with van der Waals surface area (Å²) in [6, 6.07) is 3.68. The second-order valence-corrected chi connectivity index (χ2v) is 7.15. The monoisotopic (exact) mass is 444 g/mol. The number of amides is 2. The fourth-order valence-corrected chi connectivity index (χ4v) is 3.48. The number of nitrogens with one attached hydrogen (secondary N) is 2. The van der Waals surface area contributed by atoms with E-state index in [-0.39, 0.29) is 22.4 Å². The molecule has 1 aromatic heterocycles. The largest absolute Gasteiger partial charge is 0.417 e. The molecular formula is C19H17ClF4N4O2. The molecule has 0 unspecified atom stereocenters. The van der Waals surface area contributed by atoms with Gasteiger partial charge in [0.2, 0.25) is 11.8 Å². The van der Waals surface area contributed by atoms with E-state index in [1.807, 2.05) is 0 Å². The summed E-state index contributed by atoms with van der Waals surface area (Å²) in [6.45, 7) is 1.64. The highest BCUT2D eigenvalue weighted by Crippen LogP contribution is 2.36. The number of hydrogen-bond donors (Lipinski definition) is 2. The Morgan fingerprint density at radius 2 is 1.97 bits per heavy atom. The highest BCUT2D eigenvalue weighted by atomic mass is 35.5. The number of pyridine rings is 1. The van der Waals surface area contributed by atoms with Crippen LogP contribution in [0.5, 0.6) is 0 Å². The Morgan fingerprint density at radius 1 is 1.23 bits per heavy atom. The molecule has 3 rings (SSSR count). The molecule has 1 aromatic carbocycles. The zero-order valence-corrected chi connectivity index (χ0v) is 16.4. The molecule has 2 heterocycles. The van der Waals surface area contributed by atoms with E-state index >= 15 is 0 Å². The summed E-state index contributed by atoms with van der Waals surface area (Å²) in [7, 11) is 0. The first kappa shape index (κ1) is 21.8. The van der Waals surface area contributed by atoms with Gasteiger partial charge in [0, 0.05) is 25.4 Å². The predicted molar refractivity (Wildman–Crippen MR) is 104 cm³/mol. The third-order valence-corrected chi connectivity index (χ3v) is 4.80. The van der Waals surface area contributed by atoms with Gasteiger partial charge in [0.1, 0.15) is 17.7 Å². The third-order valence-electron chi connectivity index (χ3n) is 4.52. The van der Waals surface area contributed by atoms with Crippen LogP contribution in [0.1, 0.15) is 25.3 Å². The molecule has 1 aliphatic rings. The average molecular weight is 445 g/mol. The van der Waals surface area contributed by atoms with Crippen molar-refractivity contribution < 1.29 is 27.2 Å². The minimum Gasteiger partial charge on any atom is -0.343 e. The number of carbonyl (C=O) groups is 2. The average Bonchev–Trinajstić information content (AvgIpc) is 3.12. The number of halogens is 5. The van der Waals surface area contributed by atoms with Gasteiger partial charge in [0.25, 0.3) is 0 Å². The lowest BCUT2D eigenvalue weighted by molar-refractivity contribution is -0.137. The van der Waals surface area contributed by atoms with Crippen molar-refractivity contribution in [3.63, 3.8) is 0 Å². The van der Waals surface area contributed by atoms with Gasteiger partial charge in [-0.3, -0.25) is 9.59 Å². The summed E-state index contributed by atoms with van der Waals surface area (Å²) >= 11 is 6.00. The number of benzene rings is 1. The van der Waals surface area contributed by atoms with Crippen molar-refractivity contribution in [2.45, 2.75) is 32.0 Å². The minimum absolute atomic E-state index is 0.0507. The van der Waals surface area contributed by atoms with Crippen LogP contribution in [0.2, 0.25) is 5.02 Å². The molecule has 1 saturated heterocycles. The summed E-state index contributed by atoms with van der Waals surface area (Å²) < 4.78 is 52.6. The number of rotatable bonds is 4. The molecule has 2 aromatic rings. The first-order valence-electron chi connectivity index (χ1n) is 8.93. The van der Waals surface area contributed by atoms with Crippen molar-refractivity contribution in [3.05, 3.63) is 46.9 Å². The maximum absolute atomic E-state index is 14.1. The molecule has 1 atom stereocenters. The molecule has 0 spiro atoms. The van der Waals surface area contributed by atoms with E-state index < -0.39 is 29.5 Å². The molecule has 11 heteroatoms. The quantitative estimate of drug-likeness (QED) is 0.683. The van der Waals surface area contributed by atoms with Crippen LogP contribution < -0.4 is 15.5 Å². The first-order chi connectivity index (χ1) is 14.1. The summed E-state index contributed by atoms with van der Waals surface area (Å²) in [5, 5.41) is 4.72. The number of aromatic nitrogens is 1. The van der Waals surface area contributed by atoms with Gasteiger partial charge in [-0.2, -0.15) is 13.2 Å². The molecule has 6 nitrogen and oxygen atoms in total. The van der Waals surface area contributed by atoms with Crippen LogP contribution in [-0.2, 0) is 15.8 Å². The smallest absolute Gasteiger partial charge is 0.343 e. The SMILES string of the molecule is CC(=O)Nc1ccc(F)c(NC(=O)[C@@H]2CCCN2c2ncc(C(F)(F)F)cc2Cl)c1. The van der Waals surface area contributed by atoms with Crippen LogP contribution in [0.15, 0.2) is 30.5 Å². The molecule has 30 heavy (non-hydrogen) atoms. The van der Waals surface area contributed by atoms with Gasteiger partial charge in [-0.1, -0.05) is 11.6 Å². The van der Waals surface area contributed by atoms with Gasteiger partial charge < -0.3 is 15.5 Å². The Balaban J connectivity index is 1.81. The van der Waals surface area contributed by atoms with Crippen molar-refractivity contribution in [1.82, 2.24) is 4.98 Å². The fraction of sp³-hybridized carbons (Fsp3) is 0.316. The summed E-state index contributed by atoms with van der Waals surface area (Å²) in [5.74, 6) is -1.57. The molecule has 0 bridgehead atoms. The van der Waals surface area contributed by atoms with Gasteiger partial charge in [0.05, 0.1) is 16.3 Å². The Kier molecular flexibility index (Phi) is 6.16. The fourth-order valence-electron chi connectivity index (χ4n) is 3.21. The maximum Gasteiger partial charge on any atom is 0.417 e. The van der Waals surface area contributed by atoms with Crippen LogP contribution in [0, 0.1) is 5.82 Å². The molecule has 1 aliphatic heterocycles. The molecule has 2 N–H and O–H groups in total. The molecule has 0 radical (unpaired) electrons. The van der Waals surface area contributed by atoms with Crippen molar-refractivity contribution in [3.8, 4) is 0 Å². The Labute approximate surface area is 174 Å². The van der Waals surface area contributed by atoms with E-state index in [4.69, 9.17) is 11.6 Å². The maximum atomic E-state index is 14.1. The van der Waals surface area contributed by atoms with E-state index in [2.05, 4.69) is 15.6 Å². The van der Waals surface area contributed by atoms with Gasteiger partial charge in [0.15, 0.2) is 0 Å². The molecule has 0 aliphatic carbocycles. The Hall–Kier alpha value is -2.88. The molecular weight excluding hydrogens is 428 g/mol. The normalized spacial score (nSPS) is 16.5. The standard InChI is InChI=1S/C19H17ClF4N4O2/c1-10(29)26-12-4-5-14(21)15(8-12)27-18(30)16-3-2-6-28(16)17-13(20)7-11(9-25-17)19(22,23)24/h4-5,7-9,16H,2-3,6H2,1H3,(H,26,29)(H,27,30)/t16-/m0/s1. The van der Waals surface area contributed by atoms with Crippen molar-refractivity contribution >= 4 is 40.6 Å². The van der Waals surface area contributed by atoms with E-state index in [0.717, 1.165) is 12.1 Å². The van der Waals surface area contributed by atoms with E-state index in [1.165, 1.54) is 24.0 Å². The molecule has 2 amide bonds. The van der Waals surface area contributed by atoms with Gasteiger partial charge in [-0.25, -0.2) is 9.37 Å². The van der Waals surface area contributed by atoms with E-state index in [9.17, 15) is 27.2 Å². The first-order valence-corrected chi connectivity index (χ1v) is 9.31. The Bertz CT molecular complexity index is 983. The molecule has 1 fully saturated rings. The van der Waals surface area contributed by atoms with Crippen LogP contribution in [0.25, 0.3) is 0 Å². The third kappa shape index (κ3) is 4.81. The van der Waals surface area contributed by atoms with Crippen LogP contribution in [-0.4, -0.2) is 29.4 Å². The number of carbonyl (C=O) groups excluding carboxylic acids is 2. The highest BCUT2D eigenvalue weighted by Gasteiger charge is 2.36. The summed E-state index contributed by atoms with van der Waals surface area (Å²) in [6.07, 6.45) is -2.97. The summed E-state index contributed by atoms with van der Waals surface area (Å²) in [4.78, 5) is 29.2. The Morgan fingerprint density at radius 3 is 2.60 bits per heavy atom. The minimum atomic E-state index is -4.59. The second-order valence-electron chi connectivity index (χ2n) is 6.74. The summed E-state index contributed by atoms with van der Waals surface area (Å²) in [5.41, 5.74) is -0.826. The zero-order chi connectivity index (χ0) is 22.1. The lowest BCUT2D eigenvalue weighted by Crippen LogP contribution is -2.40. The molecule has 160 valence electrons. The predicted octanol–water partition coefficient (Wildman–Crippen LogP) is 4.46. The highest BCUT2D eigenvalue weighted by molar-refractivity contribution is 6.33. The number of anilines is 3. The lowest BCUT2D eigenvalue weighted by Gasteiger charge is -2.26.